The van der Waals surface area contributed by atoms with Crippen LogP contribution in [-0.2, 0) is 11.3 Å². The van der Waals surface area contributed by atoms with Crippen LogP contribution in [0.1, 0.15) is 28.6 Å². The maximum absolute atomic E-state index is 13.1. The van der Waals surface area contributed by atoms with Crippen molar-refractivity contribution in [2.24, 2.45) is 0 Å². The zero-order chi connectivity index (χ0) is 20.4. The molecule has 29 heavy (non-hydrogen) atoms. The number of carbonyl (C=O) groups is 1. The van der Waals surface area contributed by atoms with Crippen LogP contribution in [0.4, 0.5) is 0 Å². The topological polar surface area (TPSA) is 81.1 Å². The molecule has 1 amide bonds. The summed E-state index contributed by atoms with van der Waals surface area (Å²) in [7, 11) is 1.63. The lowest BCUT2D eigenvalue weighted by Crippen LogP contribution is -2.44. The largest absolute Gasteiger partial charge is 0.497 e. The summed E-state index contributed by atoms with van der Waals surface area (Å²) in [5.41, 5.74) is 6.66. The van der Waals surface area contributed by atoms with Crippen LogP contribution in [0, 0.1) is 13.8 Å². The number of nitrogens with one attached hydrogen (secondary N) is 2. The molecule has 1 aliphatic heterocycles. The first-order valence-electron chi connectivity index (χ1n) is 9.37. The van der Waals surface area contributed by atoms with E-state index in [9.17, 15) is 4.79 Å². The second-order valence-corrected chi connectivity index (χ2v) is 8.10. The van der Waals surface area contributed by atoms with Crippen molar-refractivity contribution in [1.82, 2.24) is 20.2 Å². The number of fused-ring (bicyclic) bond motifs is 1. The number of amides is 1. The number of hydrogen-bond donors (Lipinski definition) is 2. The van der Waals surface area contributed by atoms with Crippen molar-refractivity contribution >= 4 is 17.7 Å². The van der Waals surface area contributed by atoms with Gasteiger partial charge in [-0.15, -0.1) is 10.2 Å². The van der Waals surface area contributed by atoms with Gasteiger partial charge < -0.3 is 15.5 Å². The molecule has 3 aromatic rings. The summed E-state index contributed by atoms with van der Waals surface area (Å²) >= 11 is 1.43. The standard InChI is InChI=1S/C21H23N5O2S/c1-13-4-8-16(9-5-13)18-19(29-21-24-23-14(2)26(21)25-18)20(27)22-12-15-6-10-17(28-3)11-7-15/h4-11,18-19,25H,12H2,1-3H3,(H,22,27). The number of nitrogens with zero attached hydrogens (tertiary/aromatic N) is 3. The third kappa shape index (κ3) is 4.07. The van der Waals surface area contributed by atoms with Crippen LogP contribution < -0.4 is 15.5 Å². The van der Waals surface area contributed by atoms with E-state index in [0.29, 0.717) is 11.7 Å². The summed E-state index contributed by atoms with van der Waals surface area (Å²) in [4.78, 5) is 13.1. The third-order valence-corrected chi connectivity index (χ3v) is 6.13. The van der Waals surface area contributed by atoms with Gasteiger partial charge in [0.25, 0.3) is 0 Å². The minimum atomic E-state index is -0.368. The average molecular weight is 410 g/mol. The van der Waals surface area contributed by atoms with Crippen molar-refractivity contribution in [2.75, 3.05) is 12.5 Å². The fraction of sp³-hybridized carbons (Fsp3) is 0.286. The maximum atomic E-state index is 13.1. The summed E-state index contributed by atoms with van der Waals surface area (Å²) in [6.07, 6.45) is 0. The van der Waals surface area contributed by atoms with E-state index in [4.69, 9.17) is 4.74 Å². The molecular weight excluding hydrogens is 386 g/mol. The first-order chi connectivity index (χ1) is 14.0. The Bertz CT molecular complexity index is 1000. The van der Waals surface area contributed by atoms with E-state index in [-0.39, 0.29) is 17.2 Å². The van der Waals surface area contributed by atoms with E-state index in [1.54, 1.807) is 7.11 Å². The van der Waals surface area contributed by atoms with Gasteiger partial charge in [-0.25, -0.2) is 4.68 Å². The fourth-order valence-corrected chi connectivity index (χ4v) is 4.37. The van der Waals surface area contributed by atoms with Crippen LogP contribution in [-0.4, -0.2) is 33.1 Å². The van der Waals surface area contributed by atoms with Crippen molar-refractivity contribution in [3.8, 4) is 5.75 Å². The van der Waals surface area contributed by atoms with Crippen molar-refractivity contribution in [1.29, 1.82) is 0 Å². The van der Waals surface area contributed by atoms with Crippen molar-refractivity contribution in [2.45, 2.75) is 36.8 Å². The number of thioether (sulfide) groups is 1. The number of rotatable bonds is 5. The van der Waals surface area contributed by atoms with E-state index in [1.807, 2.05) is 42.8 Å². The van der Waals surface area contributed by atoms with Gasteiger partial charge in [0.05, 0.1) is 13.2 Å². The van der Waals surface area contributed by atoms with Gasteiger partial charge in [0.1, 0.15) is 16.8 Å². The Kier molecular flexibility index (Phi) is 5.44. The molecule has 2 N–H and O–H groups in total. The fourth-order valence-electron chi connectivity index (χ4n) is 3.22. The number of ether oxygens (including phenoxy) is 1. The van der Waals surface area contributed by atoms with Gasteiger partial charge >= 0.3 is 0 Å². The molecule has 7 nitrogen and oxygen atoms in total. The van der Waals surface area contributed by atoms with Crippen LogP contribution in [0.5, 0.6) is 5.75 Å². The van der Waals surface area contributed by atoms with Crippen LogP contribution in [0.3, 0.4) is 0 Å². The Morgan fingerprint density at radius 2 is 1.86 bits per heavy atom. The number of aryl methyl sites for hydroxylation is 2. The quantitative estimate of drug-likeness (QED) is 0.674. The zero-order valence-corrected chi connectivity index (χ0v) is 17.4. The summed E-state index contributed by atoms with van der Waals surface area (Å²) in [6.45, 7) is 4.39. The Labute approximate surface area is 173 Å². The molecule has 0 saturated heterocycles. The first kappa shape index (κ1) is 19.3. The molecule has 1 aliphatic rings. The molecule has 1 aromatic heterocycles. The molecular formula is C21H23N5O2S. The SMILES string of the molecule is COc1ccc(CNC(=O)C2Sc3nnc(C)n3NC2c2ccc(C)cc2)cc1. The number of hydrogen-bond acceptors (Lipinski definition) is 6. The van der Waals surface area contributed by atoms with E-state index in [2.05, 4.69) is 45.2 Å². The molecule has 0 radical (unpaired) electrons. The van der Waals surface area contributed by atoms with Gasteiger partial charge in [0, 0.05) is 6.54 Å². The minimum absolute atomic E-state index is 0.0456. The third-order valence-electron chi connectivity index (χ3n) is 4.92. The normalized spacial score (nSPS) is 17.9. The zero-order valence-electron chi connectivity index (χ0n) is 16.5. The van der Waals surface area contributed by atoms with E-state index in [1.165, 1.54) is 17.3 Å². The minimum Gasteiger partial charge on any atom is -0.497 e. The van der Waals surface area contributed by atoms with Gasteiger partial charge in [-0.05, 0) is 37.1 Å². The highest BCUT2D eigenvalue weighted by Gasteiger charge is 2.37. The molecule has 4 rings (SSSR count). The van der Waals surface area contributed by atoms with E-state index >= 15 is 0 Å². The van der Waals surface area contributed by atoms with Gasteiger partial charge in [-0.1, -0.05) is 53.7 Å². The molecule has 0 spiro atoms. The molecule has 0 aliphatic carbocycles. The lowest BCUT2D eigenvalue weighted by atomic mass is 10.0. The van der Waals surface area contributed by atoms with Crippen LogP contribution >= 0.6 is 11.8 Å². The maximum Gasteiger partial charge on any atom is 0.236 e. The highest BCUT2D eigenvalue weighted by atomic mass is 32.2. The lowest BCUT2D eigenvalue weighted by Gasteiger charge is -2.32. The Morgan fingerprint density at radius 3 is 2.55 bits per heavy atom. The summed E-state index contributed by atoms with van der Waals surface area (Å²) in [5, 5.41) is 11.7. The Hall–Kier alpha value is -3.00. The molecule has 0 fully saturated rings. The molecule has 2 unspecified atom stereocenters. The average Bonchev–Trinajstić information content (AvgIpc) is 3.12. The smallest absolute Gasteiger partial charge is 0.236 e. The summed E-state index contributed by atoms with van der Waals surface area (Å²) < 4.78 is 7.03. The van der Waals surface area contributed by atoms with E-state index in [0.717, 1.165) is 22.7 Å². The van der Waals surface area contributed by atoms with Crippen molar-refractivity contribution in [3.63, 3.8) is 0 Å². The second-order valence-electron chi connectivity index (χ2n) is 6.99. The van der Waals surface area contributed by atoms with E-state index < -0.39 is 0 Å². The summed E-state index contributed by atoms with van der Waals surface area (Å²) in [6, 6.07) is 15.7. The lowest BCUT2D eigenvalue weighted by molar-refractivity contribution is -0.121. The molecule has 2 heterocycles. The van der Waals surface area contributed by atoms with Crippen LogP contribution in [0.2, 0.25) is 0 Å². The molecule has 0 bridgehead atoms. The van der Waals surface area contributed by atoms with Gasteiger partial charge in [-0.2, -0.15) is 0 Å². The number of benzene rings is 2. The number of carbonyl (C=O) groups excluding carboxylic acids is 1. The Balaban J connectivity index is 1.54. The molecule has 2 atom stereocenters. The van der Waals surface area contributed by atoms with Crippen molar-refractivity contribution < 1.29 is 9.53 Å². The predicted octanol–water partition coefficient (Wildman–Crippen LogP) is 2.98. The number of methoxy groups -OCH3 is 1. The van der Waals surface area contributed by atoms with Gasteiger partial charge in [0.2, 0.25) is 11.1 Å². The highest BCUT2D eigenvalue weighted by Crippen LogP contribution is 2.37. The second kappa shape index (κ2) is 8.16. The van der Waals surface area contributed by atoms with Gasteiger partial charge in [0.15, 0.2) is 0 Å². The Morgan fingerprint density at radius 1 is 1.14 bits per heavy atom. The molecule has 2 aromatic carbocycles. The predicted molar refractivity (Wildman–Crippen MR) is 113 cm³/mol. The first-order valence-corrected chi connectivity index (χ1v) is 10.3. The molecule has 0 saturated carbocycles. The van der Waals surface area contributed by atoms with Crippen molar-refractivity contribution in [3.05, 3.63) is 71.0 Å². The van der Waals surface area contributed by atoms with Crippen LogP contribution in [0.15, 0.2) is 53.7 Å². The summed E-state index contributed by atoms with van der Waals surface area (Å²) in [5.74, 6) is 1.51. The number of aromatic nitrogens is 3. The van der Waals surface area contributed by atoms with Crippen LogP contribution in [0.25, 0.3) is 0 Å². The molecule has 8 heteroatoms. The molecule has 150 valence electrons. The van der Waals surface area contributed by atoms with Gasteiger partial charge in [-0.3, -0.25) is 4.79 Å². The highest BCUT2D eigenvalue weighted by molar-refractivity contribution is 8.00. The monoisotopic (exact) mass is 409 g/mol.